The van der Waals surface area contributed by atoms with Gasteiger partial charge in [-0.3, -0.25) is 4.90 Å². The first-order valence-electron chi connectivity index (χ1n) is 8.08. The molecule has 3 heteroatoms. The summed E-state index contributed by atoms with van der Waals surface area (Å²) in [5, 5.41) is 0. The van der Waals surface area contributed by atoms with Gasteiger partial charge in [-0.15, -0.1) is 0 Å². The van der Waals surface area contributed by atoms with Crippen molar-refractivity contribution in [1.82, 2.24) is 9.88 Å². The molecule has 0 unspecified atom stereocenters. The molecule has 0 bridgehead atoms. The lowest BCUT2D eigenvalue weighted by atomic mass is 9.95. The summed E-state index contributed by atoms with van der Waals surface area (Å²) < 4.78 is 5.91. The molecule has 1 aromatic heterocycles. The zero-order valence-electron chi connectivity index (χ0n) is 13.1. The monoisotopic (exact) mass is 276 g/mol. The molecule has 1 aliphatic rings. The highest BCUT2D eigenvalue weighted by molar-refractivity contribution is 5.29. The van der Waals surface area contributed by atoms with E-state index in [-0.39, 0.29) is 6.10 Å². The van der Waals surface area contributed by atoms with Crippen LogP contribution in [-0.4, -0.2) is 29.1 Å². The average Bonchev–Trinajstić information content (AvgIpc) is 2.45. The van der Waals surface area contributed by atoms with Crippen molar-refractivity contribution in [3.05, 3.63) is 23.9 Å². The molecule has 1 saturated heterocycles. The second kappa shape index (κ2) is 7.63. The standard InChI is InChI=1S/C17H28N2O/c1-4-5-12-19-13-7-6-10-16(19)15-9-8-11-18-17(15)20-14(2)3/h8-9,11,14,16H,4-7,10,12-13H2,1-3H3/t16-/m1/s1. The summed E-state index contributed by atoms with van der Waals surface area (Å²) in [5.41, 5.74) is 1.28. The molecule has 1 atom stereocenters. The number of rotatable bonds is 6. The van der Waals surface area contributed by atoms with E-state index in [9.17, 15) is 0 Å². The Hall–Kier alpha value is -1.09. The minimum absolute atomic E-state index is 0.177. The quantitative estimate of drug-likeness (QED) is 0.778. The van der Waals surface area contributed by atoms with E-state index < -0.39 is 0 Å². The van der Waals surface area contributed by atoms with Crippen molar-refractivity contribution < 1.29 is 4.74 Å². The van der Waals surface area contributed by atoms with E-state index in [2.05, 4.69) is 36.7 Å². The van der Waals surface area contributed by atoms with Gasteiger partial charge < -0.3 is 4.74 Å². The smallest absolute Gasteiger partial charge is 0.218 e. The molecule has 1 aromatic rings. The summed E-state index contributed by atoms with van der Waals surface area (Å²) in [7, 11) is 0. The van der Waals surface area contributed by atoms with Crippen LogP contribution < -0.4 is 4.74 Å². The summed E-state index contributed by atoms with van der Waals surface area (Å²) in [6.07, 6.45) is 8.40. The maximum absolute atomic E-state index is 5.91. The van der Waals surface area contributed by atoms with Crippen molar-refractivity contribution >= 4 is 0 Å². The molecule has 0 aromatic carbocycles. The molecule has 0 N–H and O–H groups in total. The number of ether oxygens (including phenoxy) is 1. The highest BCUT2D eigenvalue weighted by Gasteiger charge is 2.26. The number of aromatic nitrogens is 1. The van der Waals surface area contributed by atoms with Crippen LogP contribution in [0.2, 0.25) is 0 Å². The molecule has 112 valence electrons. The maximum atomic E-state index is 5.91. The number of hydrogen-bond donors (Lipinski definition) is 0. The third-order valence-corrected chi connectivity index (χ3v) is 3.92. The molecule has 0 saturated carbocycles. The van der Waals surface area contributed by atoms with Crippen LogP contribution in [0.15, 0.2) is 18.3 Å². The summed E-state index contributed by atoms with van der Waals surface area (Å²) in [6, 6.07) is 4.71. The molecule has 20 heavy (non-hydrogen) atoms. The lowest BCUT2D eigenvalue weighted by Crippen LogP contribution is -2.34. The molecule has 2 heterocycles. The average molecular weight is 276 g/mol. The first-order valence-corrected chi connectivity index (χ1v) is 8.08. The van der Waals surface area contributed by atoms with Crippen LogP contribution in [0, 0.1) is 0 Å². The summed E-state index contributed by atoms with van der Waals surface area (Å²) in [6.45, 7) is 8.79. The minimum Gasteiger partial charge on any atom is -0.475 e. The lowest BCUT2D eigenvalue weighted by molar-refractivity contribution is 0.139. The van der Waals surface area contributed by atoms with Gasteiger partial charge in [-0.25, -0.2) is 4.98 Å². The number of nitrogens with zero attached hydrogens (tertiary/aromatic N) is 2. The molecule has 3 nitrogen and oxygen atoms in total. The highest BCUT2D eigenvalue weighted by Crippen LogP contribution is 2.35. The first kappa shape index (κ1) is 15.3. The Labute approximate surface area is 123 Å². The SMILES string of the molecule is CCCCN1CCCC[C@@H]1c1cccnc1OC(C)C. The van der Waals surface area contributed by atoms with Crippen LogP contribution in [0.3, 0.4) is 0 Å². The van der Waals surface area contributed by atoms with E-state index in [1.54, 1.807) is 0 Å². The number of piperidine rings is 1. The highest BCUT2D eigenvalue weighted by atomic mass is 16.5. The third kappa shape index (κ3) is 3.95. The van der Waals surface area contributed by atoms with Gasteiger partial charge in [-0.1, -0.05) is 25.8 Å². The van der Waals surface area contributed by atoms with E-state index in [0.29, 0.717) is 6.04 Å². The summed E-state index contributed by atoms with van der Waals surface area (Å²) in [4.78, 5) is 7.08. The number of hydrogen-bond acceptors (Lipinski definition) is 3. The van der Waals surface area contributed by atoms with Crippen molar-refractivity contribution in [3.63, 3.8) is 0 Å². The molecule has 2 rings (SSSR count). The summed E-state index contributed by atoms with van der Waals surface area (Å²) in [5.74, 6) is 0.830. The maximum Gasteiger partial charge on any atom is 0.218 e. The molecule has 0 aliphatic carbocycles. The molecular formula is C17H28N2O. The van der Waals surface area contributed by atoms with Crippen LogP contribution in [0.4, 0.5) is 0 Å². The fraction of sp³-hybridized carbons (Fsp3) is 0.706. The van der Waals surface area contributed by atoms with E-state index in [1.165, 1.54) is 50.8 Å². The summed E-state index contributed by atoms with van der Waals surface area (Å²) >= 11 is 0. The van der Waals surface area contributed by atoms with Crippen LogP contribution in [0.25, 0.3) is 0 Å². The molecule has 1 aliphatic heterocycles. The van der Waals surface area contributed by atoms with Gasteiger partial charge in [-0.05, 0) is 52.3 Å². The zero-order valence-corrected chi connectivity index (χ0v) is 13.1. The molecular weight excluding hydrogens is 248 g/mol. The van der Waals surface area contributed by atoms with Crippen molar-refractivity contribution in [2.24, 2.45) is 0 Å². The van der Waals surface area contributed by atoms with Gasteiger partial charge >= 0.3 is 0 Å². The predicted octanol–water partition coefficient (Wildman–Crippen LogP) is 4.20. The van der Waals surface area contributed by atoms with Gasteiger partial charge in [0.25, 0.3) is 0 Å². The molecule has 0 radical (unpaired) electrons. The van der Waals surface area contributed by atoms with Crippen molar-refractivity contribution in [2.45, 2.75) is 65.0 Å². The predicted molar refractivity (Wildman–Crippen MR) is 83.1 cm³/mol. The van der Waals surface area contributed by atoms with Gasteiger partial charge in [0.15, 0.2) is 0 Å². The Bertz CT molecular complexity index is 406. The van der Waals surface area contributed by atoms with Crippen molar-refractivity contribution in [2.75, 3.05) is 13.1 Å². The van der Waals surface area contributed by atoms with Crippen LogP contribution in [0.1, 0.15) is 64.5 Å². The Kier molecular flexibility index (Phi) is 5.84. The van der Waals surface area contributed by atoms with E-state index in [0.717, 1.165) is 5.88 Å². The van der Waals surface area contributed by atoms with E-state index >= 15 is 0 Å². The first-order chi connectivity index (χ1) is 9.72. The van der Waals surface area contributed by atoms with Gasteiger partial charge in [0.1, 0.15) is 0 Å². The molecule has 0 spiro atoms. The molecule has 1 fully saturated rings. The van der Waals surface area contributed by atoms with Crippen LogP contribution in [-0.2, 0) is 0 Å². The third-order valence-electron chi connectivity index (χ3n) is 3.92. The van der Waals surface area contributed by atoms with E-state index in [1.807, 2.05) is 12.3 Å². The largest absolute Gasteiger partial charge is 0.475 e. The second-order valence-electron chi connectivity index (χ2n) is 5.97. The van der Waals surface area contributed by atoms with E-state index in [4.69, 9.17) is 4.74 Å². The Morgan fingerprint density at radius 1 is 1.40 bits per heavy atom. The van der Waals surface area contributed by atoms with Crippen LogP contribution >= 0.6 is 0 Å². The number of pyridine rings is 1. The Morgan fingerprint density at radius 2 is 2.25 bits per heavy atom. The van der Waals surface area contributed by atoms with Gasteiger partial charge in [0, 0.05) is 17.8 Å². The van der Waals surface area contributed by atoms with Gasteiger partial charge in [0.05, 0.1) is 6.10 Å². The number of unbranched alkanes of at least 4 members (excludes halogenated alkanes) is 1. The second-order valence-corrected chi connectivity index (χ2v) is 5.97. The topological polar surface area (TPSA) is 25.4 Å². The van der Waals surface area contributed by atoms with Crippen molar-refractivity contribution in [3.8, 4) is 5.88 Å². The van der Waals surface area contributed by atoms with Gasteiger partial charge in [0.2, 0.25) is 5.88 Å². The fourth-order valence-electron chi connectivity index (χ4n) is 2.95. The number of likely N-dealkylation sites (tertiary alicyclic amines) is 1. The Morgan fingerprint density at radius 3 is 3.00 bits per heavy atom. The minimum atomic E-state index is 0.177. The van der Waals surface area contributed by atoms with Crippen LogP contribution in [0.5, 0.6) is 5.88 Å². The lowest BCUT2D eigenvalue weighted by Gasteiger charge is -2.36. The zero-order chi connectivity index (χ0) is 14.4. The normalized spacial score (nSPS) is 20.3. The molecule has 0 amide bonds. The Balaban J connectivity index is 2.18. The fourth-order valence-corrected chi connectivity index (χ4v) is 2.95. The van der Waals surface area contributed by atoms with Crippen molar-refractivity contribution in [1.29, 1.82) is 0 Å². The van der Waals surface area contributed by atoms with Gasteiger partial charge in [-0.2, -0.15) is 0 Å².